The van der Waals surface area contributed by atoms with Crippen molar-refractivity contribution in [2.75, 3.05) is 0 Å². The number of nitrogens with two attached hydrogens (primary N) is 1. The number of primary sulfonamides is 1. The molecule has 26 heavy (non-hydrogen) atoms. The van der Waals surface area contributed by atoms with E-state index in [9.17, 15) is 22.0 Å². The highest BCUT2D eigenvalue weighted by Crippen LogP contribution is 2.31. The molecule has 5 nitrogen and oxygen atoms in total. The molecule has 2 aromatic carbocycles. The molecule has 0 fully saturated rings. The fourth-order valence-corrected chi connectivity index (χ4v) is 4.39. The van der Waals surface area contributed by atoms with Crippen LogP contribution in [-0.4, -0.2) is 13.0 Å². The van der Waals surface area contributed by atoms with Crippen molar-refractivity contribution in [3.63, 3.8) is 0 Å². The van der Waals surface area contributed by atoms with Crippen molar-refractivity contribution in [3.8, 4) is 16.9 Å². The van der Waals surface area contributed by atoms with Gasteiger partial charge < -0.3 is 0 Å². The van der Waals surface area contributed by atoms with Gasteiger partial charge in [0.05, 0.1) is 11.4 Å². The standard InChI is InChI=1S/C15H8Br2F2N2O3S2/c16-9-2-1-8(5-10(9)17)21-13(6-25-15(21)22)7-3-11(18)14(12(19)4-7)26(20,23)24/h1-6H,(H2,20,23,24). The molecule has 2 N–H and O–H groups in total. The quantitative estimate of drug-likeness (QED) is 0.560. The van der Waals surface area contributed by atoms with Crippen molar-refractivity contribution in [1.29, 1.82) is 0 Å². The highest BCUT2D eigenvalue weighted by molar-refractivity contribution is 9.13. The Morgan fingerprint density at radius 2 is 1.65 bits per heavy atom. The Morgan fingerprint density at radius 3 is 2.19 bits per heavy atom. The zero-order valence-corrected chi connectivity index (χ0v) is 17.3. The molecule has 136 valence electrons. The fraction of sp³-hybridized carbons (Fsp3) is 0. The Labute approximate surface area is 167 Å². The van der Waals surface area contributed by atoms with E-state index in [-0.39, 0.29) is 16.1 Å². The van der Waals surface area contributed by atoms with Crippen LogP contribution in [0.15, 0.2) is 54.3 Å². The molecule has 0 saturated carbocycles. The van der Waals surface area contributed by atoms with E-state index < -0.39 is 26.6 Å². The van der Waals surface area contributed by atoms with E-state index in [4.69, 9.17) is 5.14 Å². The first-order valence-corrected chi connectivity index (χ1v) is 10.8. The van der Waals surface area contributed by atoms with Crippen molar-refractivity contribution in [2.45, 2.75) is 4.90 Å². The Hall–Kier alpha value is -1.40. The molecule has 0 bridgehead atoms. The highest BCUT2D eigenvalue weighted by Gasteiger charge is 2.23. The second-order valence-electron chi connectivity index (χ2n) is 5.13. The van der Waals surface area contributed by atoms with Crippen LogP contribution >= 0.6 is 43.2 Å². The number of nitrogens with zero attached hydrogens (tertiary/aromatic N) is 1. The van der Waals surface area contributed by atoms with E-state index in [0.717, 1.165) is 27.9 Å². The zero-order valence-electron chi connectivity index (χ0n) is 12.5. The fourth-order valence-electron chi connectivity index (χ4n) is 2.36. The summed E-state index contributed by atoms with van der Waals surface area (Å²) in [6.45, 7) is 0. The van der Waals surface area contributed by atoms with Gasteiger partial charge in [0.1, 0.15) is 11.6 Å². The van der Waals surface area contributed by atoms with Crippen LogP contribution in [0.5, 0.6) is 0 Å². The average Bonchev–Trinajstić information content (AvgIpc) is 2.89. The number of hydrogen-bond acceptors (Lipinski definition) is 4. The lowest BCUT2D eigenvalue weighted by Crippen LogP contribution is -2.16. The van der Waals surface area contributed by atoms with E-state index in [1.807, 2.05) is 0 Å². The van der Waals surface area contributed by atoms with E-state index in [1.54, 1.807) is 18.2 Å². The van der Waals surface area contributed by atoms with E-state index in [0.29, 0.717) is 10.2 Å². The minimum absolute atomic E-state index is 0.00444. The maximum atomic E-state index is 14.2. The molecule has 0 unspecified atom stereocenters. The van der Waals surface area contributed by atoms with Gasteiger partial charge in [-0.15, -0.1) is 0 Å². The third kappa shape index (κ3) is 3.54. The van der Waals surface area contributed by atoms with Crippen LogP contribution in [0.2, 0.25) is 0 Å². The lowest BCUT2D eigenvalue weighted by Gasteiger charge is -2.11. The second kappa shape index (κ2) is 6.97. The van der Waals surface area contributed by atoms with E-state index in [1.165, 1.54) is 9.95 Å². The molecule has 3 rings (SSSR count). The Morgan fingerprint density at radius 1 is 1.04 bits per heavy atom. The summed E-state index contributed by atoms with van der Waals surface area (Å²) in [7, 11) is -4.56. The minimum atomic E-state index is -4.56. The molecule has 0 saturated heterocycles. The van der Waals surface area contributed by atoms with Gasteiger partial charge in [-0.05, 0) is 62.2 Å². The summed E-state index contributed by atoms with van der Waals surface area (Å²) >= 11 is 7.50. The van der Waals surface area contributed by atoms with Gasteiger partial charge in [-0.1, -0.05) is 11.3 Å². The van der Waals surface area contributed by atoms with Gasteiger partial charge in [-0.2, -0.15) is 0 Å². The summed E-state index contributed by atoms with van der Waals surface area (Å²) in [6.07, 6.45) is 0. The number of rotatable bonds is 3. The molecule has 1 heterocycles. The summed E-state index contributed by atoms with van der Waals surface area (Å²) in [5.41, 5.74) is 0.690. The highest BCUT2D eigenvalue weighted by atomic mass is 79.9. The molecule has 1 aromatic heterocycles. The first kappa shape index (κ1) is 19.4. The van der Waals surface area contributed by atoms with Gasteiger partial charge in [0.2, 0.25) is 10.0 Å². The predicted molar refractivity (Wildman–Crippen MR) is 102 cm³/mol. The number of thiazole rings is 1. The Bertz CT molecular complexity index is 1170. The van der Waals surface area contributed by atoms with Gasteiger partial charge in [0.15, 0.2) is 4.90 Å². The van der Waals surface area contributed by atoms with Crippen molar-refractivity contribution < 1.29 is 17.2 Å². The maximum absolute atomic E-state index is 14.2. The first-order valence-electron chi connectivity index (χ1n) is 6.78. The van der Waals surface area contributed by atoms with Crippen LogP contribution in [0.3, 0.4) is 0 Å². The van der Waals surface area contributed by atoms with Crippen LogP contribution in [0.1, 0.15) is 0 Å². The molecule has 0 radical (unpaired) electrons. The van der Waals surface area contributed by atoms with Crippen molar-refractivity contribution in [3.05, 3.63) is 66.0 Å². The molecule has 0 spiro atoms. The summed E-state index contributed by atoms with van der Waals surface area (Å²) in [5, 5.41) is 6.27. The summed E-state index contributed by atoms with van der Waals surface area (Å²) in [6, 6.07) is 6.67. The third-order valence-corrected chi connectivity index (χ3v) is 7.00. The number of halogens is 4. The summed E-state index contributed by atoms with van der Waals surface area (Å²) < 4.78 is 53.7. The molecule has 0 atom stereocenters. The molecule has 11 heteroatoms. The van der Waals surface area contributed by atoms with Crippen molar-refractivity contribution in [2.24, 2.45) is 5.14 Å². The first-order chi connectivity index (χ1) is 12.1. The molecular weight excluding hydrogens is 518 g/mol. The van der Waals surface area contributed by atoms with Crippen molar-refractivity contribution in [1.82, 2.24) is 4.57 Å². The SMILES string of the molecule is NS(=O)(=O)c1c(F)cc(-c2csc(=O)n2-c2ccc(Br)c(Br)c2)cc1F. The van der Waals surface area contributed by atoms with E-state index in [2.05, 4.69) is 31.9 Å². The summed E-state index contributed by atoms with van der Waals surface area (Å²) in [5.74, 6) is -2.66. The lowest BCUT2D eigenvalue weighted by atomic mass is 10.1. The molecule has 0 amide bonds. The normalized spacial score (nSPS) is 11.7. The second-order valence-corrected chi connectivity index (χ2v) is 9.16. The topological polar surface area (TPSA) is 82.2 Å². The molecule has 3 aromatic rings. The largest absolute Gasteiger partial charge is 0.312 e. The van der Waals surface area contributed by atoms with Crippen LogP contribution in [-0.2, 0) is 10.0 Å². The van der Waals surface area contributed by atoms with Crippen LogP contribution < -0.4 is 10.0 Å². The van der Waals surface area contributed by atoms with E-state index >= 15 is 0 Å². The zero-order chi connectivity index (χ0) is 19.2. The third-order valence-electron chi connectivity index (χ3n) is 3.43. The monoisotopic (exact) mass is 524 g/mol. The van der Waals surface area contributed by atoms with Gasteiger partial charge in [0, 0.05) is 19.9 Å². The molecule has 0 aliphatic heterocycles. The molecule has 0 aliphatic rings. The maximum Gasteiger partial charge on any atom is 0.312 e. The number of hydrogen-bond donors (Lipinski definition) is 1. The number of sulfonamides is 1. The van der Waals surface area contributed by atoms with Gasteiger partial charge in [0.25, 0.3) is 0 Å². The Balaban J connectivity index is 2.24. The lowest BCUT2D eigenvalue weighted by molar-refractivity contribution is 0.520. The Kier molecular flexibility index (Phi) is 5.19. The average molecular weight is 526 g/mol. The summed E-state index contributed by atoms with van der Waals surface area (Å²) in [4.78, 5) is 10.7. The van der Waals surface area contributed by atoms with Crippen LogP contribution in [0, 0.1) is 11.6 Å². The van der Waals surface area contributed by atoms with Gasteiger partial charge in [-0.25, -0.2) is 22.3 Å². The van der Waals surface area contributed by atoms with Crippen molar-refractivity contribution >= 4 is 53.2 Å². The number of benzene rings is 2. The molecule has 0 aliphatic carbocycles. The number of aromatic nitrogens is 1. The predicted octanol–water partition coefficient (Wildman–Crippen LogP) is 4.02. The minimum Gasteiger partial charge on any atom is -0.267 e. The molecular formula is C15H8Br2F2N2O3S2. The van der Waals surface area contributed by atoms with Gasteiger partial charge >= 0.3 is 4.87 Å². The van der Waals surface area contributed by atoms with Crippen LogP contribution in [0.25, 0.3) is 16.9 Å². The van der Waals surface area contributed by atoms with Gasteiger partial charge in [-0.3, -0.25) is 9.36 Å². The van der Waals surface area contributed by atoms with Crippen LogP contribution in [0.4, 0.5) is 8.78 Å². The smallest absolute Gasteiger partial charge is 0.267 e.